The van der Waals surface area contributed by atoms with Crippen LogP contribution < -0.4 is 10.5 Å². The van der Waals surface area contributed by atoms with Gasteiger partial charge in [0.15, 0.2) is 0 Å². The molecule has 2 unspecified atom stereocenters. The van der Waals surface area contributed by atoms with Crippen molar-refractivity contribution in [2.45, 2.75) is 56.5 Å². The molecule has 0 aliphatic heterocycles. The topological polar surface area (TPSA) is 72.2 Å². The van der Waals surface area contributed by atoms with E-state index in [-0.39, 0.29) is 12.1 Å². The van der Waals surface area contributed by atoms with Gasteiger partial charge in [0.1, 0.15) is 0 Å². The number of aryl methyl sites for hydroxylation is 2. The second-order valence-corrected chi connectivity index (χ2v) is 8.10. The molecule has 1 heterocycles. The smallest absolute Gasteiger partial charge is 0.241 e. The molecule has 1 saturated carbocycles. The SMILES string of the molecule is Cc1cc(S(=O)(=O)NC2CCCCC2N)c(C)s1. The maximum Gasteiger partial charge on any atom is 0.241 e. The summed E-state index contributed by atoms with van der Waals surface area (Å²) in [5.41, 5.74) is 5.98. The van der Waals surface area contributed by atoms with E-state index in [2.05, 4.69) is 4.72 Å². The predicted octanol–water partition coefficient (Wildman–Crippen LogP) is 1.91. The first-order chi connectivity index (χ1) is 8.40. The second kappa shape index (κ2) is 5.28. The van der Waals surface area contributed by atoms with E-state index in [0.29, 0.717) is 4.90 Å². The van der Waals surface area contributed by atoms with E-state index < -0.39 is 10.0 Å². The maximum absolute atomic E-state index is 12.3. The minimum Gasteiger partial charge on any atom is -0.326 e. The van der Waals surface area contributed by atoms with Gasteiger partial charge in [0.2, 0.25) is 10.0 Å². The molecule has 2 rings (SSSR count). The Morgan fingerprint density at radius 2 is 2.00 bits per heavy atom. The highest BCUT2D eigenvalue weighted by atomic mass is 32.2. The monoisotopic (exact) mass is 288 g/mol. The molecule has 6 heteroatoms. The Balaban J connectivity index is 2.19. The van der Waals surface area contributed by atoms with E-state index in [4.69, 9.17) is 5.73 Å². The summed E-state index contributed by atoms with van der Waals surface area (Å²) in [6, 6.07) is 1.55. The third-order valence-electron chi connectivity index (χ3n) is 3.41. The first kappa shape index (κ1) is 14.0. The van der Waals surface area contributed by atoms with Crippen molar-refractivity contribution in [2.75, 3.05) is 0 Å². The van der Waals surface area contributed by atoms with Crippen molar-refractivity contribution in [2.24, 2.45) is 5.73 Å². The van der Waals surface area contributed by atoms with Crippen molar-refractivity contribution in [3.63, 3.8) is 0 Å². The normalized spacial score (nSPS) is 25.3. The van der Waals surface area contributed by atoms with Crippen LogP contribution in [0.3, 0.4) is 0 Å². The zero-order chi connectivity index (χ0) is 13.3. The van der Waals surface area contributed by atoms with Crippen LogP contribution in [0.5, 0.6) is 0 Å². The van der Waals surface area contributed by atoms with Gasteiger partial charge in [-0.2, -0.15) is 0 Å². The van der Waals surface area contributed by atoms with E-state index in [9.17, 15) is 8.42 Å². The number of hydrogen-bond donors (Lipinski definition) is 2. The third-order valence-corrected chi connectivity index (χ3v) is 6.12. The quantitative estimate of drug-likeness (QED) is 0.892. The molecule has 0 bridgehead atoms. The van der Waals surface area contributed by atoms with Gasteiger partial charge >= 0.3 is 0 Å². The van der Waals surface area contributed by atoms with Gasteiger partial charge in [-0.15, -0.1) is 11.3 Å². The highest BCUT2D eigenvalue weighted by Gasteiger charge is 2.28. The predicted molar refractivity (Wildman–Crippen MR) is 74.3 cm³/mol. The highest BCUT2D eigenvalue weighted by Crippen LogP contribution is 2.26. The molecule has 18 heavy (non-hydrogen) atoms. The maximum atomic E-state index is 12.3. The van der Waals surface area contributed by atoms with Crippen LogP contribution >= 0.6 is 11.3 Å². The van der Waals surface area contributed by atoms with Crippen molar-refractivity contribution in [3.8, 4) is 0 Å². The average Bonchev–Trinajstić information content (AvgIpc) is 2.62. The van der Waals surface area contributed by atoms with E-state index in [1.165, 1.54) is 11.3 Å². The lowest BCUT2D eigenvalue weighted by molar-refractivity contribution is 0.361. The molecule has 1 aliphatic rings. The van der Waals surface area contributed by atoms with Gasteiger partial charge in [-0.3, -0.25) is 0 Å². The molecule has 0 aromatic carbocycles. The lowest BCUT2D eigenvalue weighted by Gasteiger charge is -2.28. The number of nitrogens with one attached hydrogen (secondary N) is 1. The summed E-state index contributed by atoms with van der Waals surface area (Å²) in [5.74, 6) is 0. The zero-order valence-corrected chi connectivity index (χ0v) is 12.4. The zero-order valence-electron chi connectivity index (χ0n) is 10.8. The Morgan fingerprint density at radius 1 is 1.33 bits per heavy atom. The lowest BCUT2D eigenvalue weighted by Crippen LogP contribution is -2.49. The highest BCUT2D eigenvalue weighted by molar-refractivity contribution is 7.89. The summed E-state index contributed by atoms with van der Waals surface area (Å²) in [6.45, 7) is 3.76. The number of thiophene rings is 1. The van der Waals surface area contributed by atoms with Crippen LogP contribution in [0.2, 0.25) is 0 Å². The Bertz CT molecular complexity index is 522. The van der Waals surface area contributed by atoms with E-state index in [1.807, 2.05) is 13.8 Å². The van der Waals surface area contributed by atoms with Crippen molar-refractivity contribution in [1.29, 1.82) is 0 Å². The standard InChI is InChI=1S/C12H20N2O2S2/c1-8-7-12(9(2)17-8)18(15,16)14-11-6-4-3-5-10(11)13/h7,10-11,14H,3-6,13H2,1-2H3. The van der Waals surface area contributed by atoms with Crippen LogP contribution in [-0.4, -0.2) is 20.5 Å². The molecule has 3 N–H and O–H groups in total. The van der Waals surface area contributed by atoms with Crippen LogP contribution in [0.4, 0.5) is 0 Å². The van der Waals surface area contributed by atoms with Gasteiger partial charge in [-0.1, -0.05) is 12.8 Å². The Morgan fingerprint density at radius 3 is 2.56 bits per heavy atom. The lowest BCUT2D eigenvalue weighted by atomic mass is 9.92. The molecular formula is C12H20N2O2S2. The third kappa shape index (κ3) is 2.93. The molecule has 1 aliphatic carbocycles. The molecule has 102 valence electrons. The fourth-order valence-electron chi connectivity index (χ4n) is 2.44. The molecular weight excluding hydrogens is 268 g/mol. The van der Waals surface area contributed by atoms with Crippen LogP contribution in [0.1, 0.15) is 35.4 Å². The molecule has 1 aromatic heterocycles. The molecule has 0 spiro atoms. The van der Waals surface area contributed by atoms with Crippen molar-refractivity contribution >= 4 is 21.4 Å². The van der Waals surface area contributed by atoms with Gasteiger partial charge in [0.05, 0.1) is 4.90 Å². The summed E-state index contributed by atoms with van der Waals surface area (Å²) in [4.78, 5) is 2.26. The average molecular weight is 288 g/mol. The van der Waals surface area contributed by atoms with Crippen LogP contribution in [0.25, 0.3) is 0 Å². The Hall–Kier alpha value is -0.430. The van der Waals surface area contributed by atoms with Crippen LogP contribution in [-0.2, 0) is 10.0 Å². The molecule has 1 aromatic rings. The Kier molecular flexibility index (Phi) is 4.11. The minimum absolute atomic E-state index is 0.0615. The molecule has 0 radical (unpaired) electrons. The first-order valence-corrected chi connectivity index (χ1v) is 8.55. The van der Waals surface area contributed by atoms with Crippen molar-refractivity contribution < 1.29 is 8.42 Å². The number of nitrogens with two attached hydrogens (primary N) is 1. The molecule has 1 fully saturated rings. The summed E-state index contributed by atoms with van der Waals surface area (Å²) >= 11 is 1.51. The molecule has 0 saturated heterocycles. The molecule has 2 atom stereocenters. The van der Waals surface area contributed by atoms with Gasteiger partial charge in [0, 0.05) is 21.8 Å². The van der Waals surface area contributed by atoms with Gasteiger partial charge < -0.3 is 5.73 Å². The first-order valence-electron chi connectivity index (χ1n) is 6.25. The summed E-state index contributed by atoms with van der Waals surface area (Å²) in [6.07, 6.45) is 3.87. The van der Waals surface area contributed by atoms with E-state index in [0.717, 1.165) is 35.4 Å². The van der Waals surface area contributed by atoms with Crippen molar-refractivity contribution in [1.82, 2.24) is 4.72 Å². The number of hydrogen-bond acceptors (Lipinski definition) is 4. The summed E-state index contributed by atoms with van der Waals surface area (Å²) < 4.78 is 27.4. The fraction of sp³-hybridized carbons (Fsp3) is 0.667. The van der Waals surface area contributed by atoms with E-state index in [1.54, 1.807) is 6.07 Å². The largest absolute Gasteiger partial charge is 0.326 e. The Labute approximate surface area is 113 Å². The minimum atomic E-state index is -3.42. The molecule has 4 nitrogen and oxygen atoms in total. The number of rotatable bonds is 3. The molecule has 0 amide bonds. The van der Waals surface area contributed by atoms with Crippen LogP contribution in [0, 0.1) is 13.8 Å². The van der Waals surface area contributed by atoms with Gasteiger partial charge in [0.25, 0.3) is 0 Å². The van der Waals surface area contributed by atoms with E-state index >= 15 is 0 Å². The van der Waals surface area contributed by atoms with Crippen LogP contribution in [0.15, 0.2) is 11.0 Å². The number of sulfonamides is 1. The summed E-state index contributed by atoms with van der Waals surface area (Å²) in [5, 5.41) is 0. The second-order valence-electron chi connectivity index (χ2n) is 4.95. The fourth-order valence-corrected chi connectivity index (χ4v) is 5.32. The van der Waals surface area contributed by atoms with Gasteiger partial charge in [-0.05, 0) is 32.8 Å². The van der Waals surface area contributed by atoms with Crippen molar-refractivity contribution in [3.05, 3.63) is 15.8 Å². The van der Waals surface area contributed by atoms with Gasteiger partial charge in [-0.25, -0.2) is 13.1 Å². The summed E-state index contributed by atoms with van der Waals surface area (Å²) in [7, 11) is -3.42.